The molecule has 7 nitrogen and oxygen atoms in total. The molecule has 0 spiro atoms. The summed E-state index contributed by atoms with van der Waals surface area (Å²) >= 11 is 0. The summed E-state index contributed by atoms with van der Waals surface area (Å²) in [5.41, 5.74) is 0.541. The Morgan fingerprint density at radius 3 is 2.21 bits per heavy atom. The molecule has 1 amide bonds. The lowest BCUT2D eigenvalue weighted by Crippen LogP contribution is -2.42. The number of nitro benzene ring substituents is 1. The highest BCUT2D eigenvalue weighted by Gasteiger charge is 2.21. The van der Waals surface area contributed by atoms with Crippen molar-refractivity contribution in [1.82, 2.24) is 5.32 Å². The Hall–Kier alpha value is -3.29. The molecule has 0 unspecified atom stereocenters. The van der Waals surface area contributed by atoms with Crippen molar-refractivity contribution in [1.29, 1.82) is 0 Å². The largest absolute Gasteiger partial charge is 0.480 e. The van der Waals surface area contributed by atoms with Gasteiger partial charge in [0, 0.05) is 24.1 Å². The minimum atomic E-state index is -1.25. The van der Waals surface area contributed by atoms with E-state index in [2.05, 4.69) is 5.32 Å². The number of benzene rings is 2. The quantitative estimate of drug-likeness (QED) is 0.622. The van der Waals surface area contributed by atoms with E-state index in [0.717, 1.165) is 12.1 Å². The fourth-order valence-corrected chi connectivity index (χ4v) is 2.03. The van der Waals surface area contributed by atoms with Gasteiger partial charge in [0.15, 0.2) is 0 Å². The summed E-state index contributed by atoms with van der Waals surface area (Å²) in [6.07, 6.45) is -0.0414. The second-order valence-electron chi connectivity index (χ2n) is 5.00. The van der Waals surface area contributed by atoms with Crippen molar-refractivity contribution >= 4 is 17.6 Å². The Kier molecular flexibility index (Phi) is 5.20. The number of carbonyl (C=O) groups is 2. The zero-order chi connectivity index (χ0) is 17.7. The lowest BCUT2D eigenvalue weighted by molar-refractivity contribution is -0.384. The van der Waals surface area contributed by atoms with Gasteiger partial charge in [-0.15, -0.1) is 0 Å². The summed E-state index contributed by atoms with van der Waals surface area (Å²) in [5.74, 6) is -2.40. The molecule has 2 N–H and O–H groups in total. The Labute approximate surface area is 135 Å². The molecule has 2 aromatic carbocycles. The summed E-state index contributed by atoms with van der Waals surface area (Å²) in [5, 5.41) is 22.2. The number of carbonyl (C=O) groups excluding carboxylic acids is 1. The Morgan fingerprint density at radius 1 is 1.12 bits per heavy atom. The van der Waals surface area contributed by atoms with Crippen LogP contribution in [0, 0.1) is 15.9 Å². The Bertz CT molecular complexity index is 759. The van der Waals surface area contributed by atoms with Gasteiger partial charge < -0.3 is 10.4 Å². The number of nitro groups is 1. The van der Waals surface area contributed by atoms with Gasteiger partial charge in [-0.2, -0.15) is 0 Å². The van der Waals surface area contributed by atoms with E-state index in [0.29, 0.717) is 5.56 Å². The minimum Gasteiger partial charge on any atom is -0.480 e. The average Bonchev–Trinajstić information content (AvgIpc) is 2.55. The Morgan fingerprint density at radius 2 is 1.71 bits per heavy atom. The number of hydrogen-bond acceptors (Lipinski definition) is 4. The molecule has 0 fully saturated rings. The number of non-ortho nitro benzene ring substituents is 1. The predicted octanol–water partition coefficient (Wildman–Crippen LogP) is 2.16. The predicted molar refractivity (Wildman–Crippen MR) is 82.1 cm³/mol. The number of carboxylic acid groups (broad SMARTS) is 1. The van der Waals surface area contributed by atoms with Crippen molar-refractivity contribution in [2.24, 2.45) is 0 Å². The van der Waals surface area contributed by atoms with E-state index in [4.69, 9.17) is 0 Å². The molecular formula is C16H13FN2O5. The van der Waals surface area contributed by atoms with Crippen LogP contribution in [0.2, 0.25) is 0 Å². The average molecular weight is 332 g/mol. The van der Waals surface area contributed by atoms with Crippen LogP contribution in [0.15, 0.2) is 48.5 Å². The normalized spacial score (nSPS) is 11.5. The molecule has 0 aliphatic heterocycles. The fourth-order valence-electron chi connectivity index (χ4n) is 2.03. The highest BCUT2D eigenvalue weighted by atomic mass is 19.1. The number of rotatable bonds is 6. The highest BCUT2D eigenvalue weighted by Crippen LogP contribution is 2.13. The van der Waals surface area contributed by atoms with E-state index in [1.165, 1.54) is 36.4 Å². The van der Waals surface area contributed by atoms with Crippen LogP contribution in [-0.4, -0.2) is 27.9 Å². The first-order valence-corrected chi connectivity index (χ1v) is 6.89. The van der Waals surface area contributed by atoms with Crippen LogP contribution in [0.25, 0.3) is 0 Å². The third kappa shape index (κ3) is 4.35. The number of hydrogen-bond donors (Lipinski definition) is 2. The summed E-state index contributed by atoms with van der Waals surface area (Å²) in [4.78, 5) is 33.4. The van der Waals surface area contributed by atoms with Crippen molar-refractivity contribution in [3.63, 3.8) is 0 Å². The number of aliphatic carboxylic acids is 1. The highest BCUT2D eigenvalue weighted by molar-refractivity contribution is 5.96. The zero-order valence-electron chi connectivity index (χ0n) is 12.3. The monoisotopic (exact) mass is 332 g/mol. The van der Waals surface area contributed by atoms with Crippen LogP contribution in [0.3, 0.4) is 0 Å². The third-order valence-corrected chi connectivity index (χ3v) is 3.30. The van der Waals surface area contributed by atoms with Gasteiger partial charge in [0.2, 0.25) is 0 Å². The topological polar surface area (TPSA) is 110 Å². The standard InChI is InChI=1S/C16H13FN2O5/c17-12-5-3-11(4-6-12)15(20)18-14(16(21)22)9-10-1-7-13(8-2-10)19(23)24/h1-8,14H,9H2,(H,18,20)(H,21,22)/t14-/m1/s1. The second-order valence-corrected chi connectivity index (χ2v) is 5.00. The second kappa shape index (κ2) is 7.32. The summed E-state index contributed by atoms with van der Waals surface area (Å²) in [6, 6.07) is 8.85. The van der Waals surface area contributed by atoms with Crippen molar-refractivity contribution in [2.75, 3.05) is 0 Å². The van der Waals surface area contributed by atoms with Gasteiger partial charge in [-0.25, -0.2) is 9.18 Å². The van der Waals surface area contributed by atoms with E-state index >= 15 is 0 Å². The Balaban J connectivity index is 2.09. The number of nitrogens with zero attached hydrogens (tertiary/aromatic N) is 1. The van der Waals surface area contributed by atoms with E-state index in [1.807, 2.05) is 0 Å². The fraction of sp³-hybridized carbons (Fsp3) is 0.125. The maximum atomic E-state index is 12.8. The van der Waals surface area contributed by atoms with Crippen molar-refractivity contribution < 1.29 is 24.0 Å². The van der Waals surface area contributed by atoms with Gasteiger partial charge in [0.25, 0.3) is 11.6 Å². The van der Waals surface area contributed by atoms with Crippen LogP contribution in [0.1, 0.15) is 15.9 Å². The van der Waals surface area contributed by atoms with E-state index in [-0.39, 0.29) is 17.7 Å². The van der Waals surface area contributed by atoms with Gasteiger partial charge in [0.05, 0.1) is 4.92 Å². The van der Waals surface area contributed by atoms with Gasteiger partial charge in [-0.1, -0.05) is 12.1 Å². The molecule has 2 aromatic rings. The summed E-state index contributed by atoms with van der Waals surface area (Å²) in [6.45, 7) is 0. The van der Waals surface area contributed by atoms with E-state index < -0.39 is 28.7 Å². The molecule has 0 saturated carbocycles. The number of halogens is 1. The third-order valence-electron chi connectivity index (χ3n) is 3.30. The van der Waals surface area contributed by atoms with Gasteiger partial charge in [-0.05, 0) is 29.8 Å². The molecule has 1 atom stereocenters. The maximum absolute atomic E-state index is 12.8. The zero-order valence-corrected chi connectivity index (χ0v) is 12.3. The van der Waals surface area contributed by atoms with Crippen LogP contribution < -0.4 is 5.32 Å². The van der Waals surface area contributed by atoms with Crippen LogP contribution in [0.4, 0.5) is 10.1 Å². The molecule has 0 radical (unpaired) electrons. The molecule has 0 saturated heterocycles. The van der Waals surface area contributed by atoms with Gasteiger partial charge >= 0.3 is 5.97 Å². The number of amides is 1. The van der Waals surface area contributed by atoms with Crippen LogP contribution >= 0.6 is 0 Å². The maximum Gasteiger partial charge on any atom is 0.326 e. The van der Waals surface area contributed by atoms with Gasteiger partial charge in [-0.3, -0.25) is 14.9 Å². The lowest BCUT2D eigenvalue weighted by atomic mass is 10.0. The summed E-state index contributed by atoms with van der Waals surface area (Å²) in [7, 11) is 0. The molecule has 0 heterocycles. The van der Waals surface area contributed by atoms with E-state index in [1.54, 1.807) is 0 Å². The SMILES string of the molecule is O=C(N[C@H](Cc1ccc([N+](=O)[O-])cc1)C(=O)O)c1ccc(F)cc1. The van der Waals surface area contributed by atoms with Crippen molar-refractivity contribution in [3.8, 4) is 0 Å². The molecule has 0 bridgehead atoms. The summed E-state index contributed by atoms with van der Waals surface area (Å²) < 4.78 is 12.8. The van der Waals surface area contributed by atoms with Gasteiger partial charge in [0.1, 0.15) is 11.9 Å². The lowest BCUT2D eigenvalue weighted by Gasteiger charge is -2.14. The molecule has 8 heteroatoms. The first-order chi connectivity index (χ1) is 11.4. The van der Waals surface area contributed by atoms with Crippen molar-refractivity contribution in [2.45, 2.75) is 12.5 Å². The molecule has 24 heavy (non-hydrogen) atoms. The smallest absolute Gasteiger partial charge is 0.326 e. The number of carboxylic acids is 1. The van der Waals surface area contributed by atoms with Crippen LogP contribution in [0.5, 0.6) is 0 Å². The van der Waals surface area contributed by atoms with E-state index in [9.17, 15) is 29.2 Å². The molecular weight excluding hydrogens is 319 g/mol. The first-order valence-electron chi connectivity index (χ1n) is 6.89. The molecule has 124 valence electrons. The molecule has 0 aliphatic carbocycles. The first kappa shape index (κ1) is 17.1. The van der Waals surface area contributed by atoms with Crippen LogP contribution in [-0.2, 0) is 11.2 Å². The molecule has 2 rings (SSSR count). The molecule has 0 aromatic heterocycles. The molecule has 0 aliphatic rings. The minimum absolute atomic E-state index is 0.0414. The number of nitrogens with one attached hydrogen (secondary N) is 1. The van der Waals surface area contributed by atoms with Crippen molar-refractivity contribution in [3.05, 3.63) is 75.6 Å².